The molecule has 2 aliphatic rings. The second-order valence-electron chi connectivity index (χ2n) is 13.5. The first-order valence-corrected chi connectivity index (χ1v) is 17.4. The summed E-state index contributed by atoms with van der Waals surface area (Å²) in [6.07, 6.45) is 2.50. The molecule has 3 aromatic carbocycles. The second kappa shape index (κ2) is 17.0. The van der Waals surface area contributed by atoms with Gasteiger partial charge >= 0.3 is 0 Å². The molecule has 0 radical (unpaired) electrons. The predicted molar refractivity (Wildman–Crippen MR) is 184 cm³/mol. The van der Waals surface area contributed by atoms with Gasteiger partial charge in [-0.05, 0) is 53.6 Å². The number of benzene rings is 3. The molecule has 3 aromatic rings. The molecule has 1 saturated carbocycles. The standard InChI is InChI=1S/C39H50N2O7/c1-25(2)34(39(46)41-35-29-18-10-9-15-27(29)24-32(35)42)37(44)36(43)31(23-26-13-5-3-6-14-26)40-38(45)30-19-11-12-20-33(30)48-22-21-47-28-16-7-4-8-17-28/h4,7-12,15-20,25-26,31-32,34-37,42-44H,3,5-6,13-14,21-24H2,1-2H3,(H,40,45)(H,41,46)/t31-,32+,34+,35?,36+,37+/m0/s1. The van der Waals surface area contributed by atoms with E-state index < -0.39 is 48.1 Å². The Labute approximate surface area is 283 Å². The van der Waals surface area contributed by atoms with Gasteiger partial charge in [-0.3, -0.25) is 9.59 Å². The maximum Gasteiger partial charge on any atom is 0.255 e. The summed E-state index contributed by atoms with van der Waals surface area (Å²) in [7, 11) is 0. The van der Waals surface area contributed by atoms with E-state index in [-0.39, 0.29) is 25.0 Å². The Bertz CT molecular complexity index is 1480. The largest absolute Gasteiger partial charge is 0.490 e. The summed E-state index contributed by atoms with van der Waals surface area (Å²) in [5.41, 5.74) is 2.13. The van der Waals surface area contributed by atoms with Crippen LogP contribution in [-0.4, -0.2) is 64.7 Å². The molecule has 2 amide bonds. The van der Waals surface area contributed by atoms with Crippen molar-refractivity contribution < 1.29 is 34.4 Å². The highest BCUT2D eigenvalue weighted by Gasteiger charge is 2.41. The monoisotopic (exact) mass is 658 g/mol. The highest BCUT2D eigenvalue weighted by atomic mass is 16.5. The van der Waals surface area contributed by atoms with E-state index in [1.165, 1.54) is 0 Å². The number of ether oxygens (including phenoxy) is 2. The molecule has 1 unspecified atom stereocenters. The number of aliphatic hydroxyl groups excluding tert-OH is 3. The number of amides is 2. The van der Waals surface area contributed by atoms with Crippen molar-refractivity contribution in [1.82, 2.24) is 10.6 Å². The summed E-state index contributed by atoms with van der Waals surface area (Å²) in [6, 6.07) is 22.5. The normalized spacial score (nSPS) is 20.3. The zero-order chi connectivity index (χ0) is 34.0. The third kappa shape index (κ3) is 8.95. The molecule has 1 fully saturated rings. The van der Waals surface area contributed by atoms with E-state index in [1.807, 2.05) is 68.4 Å². The van der Waals surface area contributed by atoms with Crippen molar-refractivity contribution in [3.05, 3.63) is 95.6 Å². The van der Waals surface area contributed by atoms with Crippen molar-refractivity contribution in [1.29, 1.82) is 0 Å². The summed E-state index contributed by atoms with van der Waals surface area (Å²) in [6.45, 7) is 4.15. The Balaban J connectivity index is 1.29. The van der Waals surface area contributed by atoms with Crippen LogP contribution in [0.25, 0.3) is 0 Å². The summed E-state index contributed by atoms with van der Waals surface area (Å²) in [5, 5.41) is 40.1. The maximum absolute atomic E-state index is 13.8. The first-order valence-electron chi connectivity index (χ1n) is 17.4. The van der Waals surface area contributed by atoms with E-state index in [2.05, 4.69) is 10.6 Å². The third-order valence-electron chi connectivity index (χ3n) is 9.77. The number of para-hydroxylation sites is 2. The van der Waals surface area contributed by atoms with E-state index in [0.717, 1.165) is 49.0 Å². The number of hydrogen-bond donors (Lipinski definition) is 5. The smallest absolute Gasteiger partial charge is 0.255 e. The lowest BCUT2D eigenvalue weighted by Gasteiger charge is -2.36. The van der Waals surface area contributed by atoms with Crippen molar-refractivity contribution in [2.24, 2.45) is 17.8 Å². The molecule has 0 spiro atoms. The van der Waals surface area contributed by atoms with Gasteiger partial charge in [0.25, 0.3) is 5.91 Å². The first-order chi connectivity index (χ1) is 23.2. The molecule has 0 heterocycles. The van der Waals surface area contributed by atoms with E-state index in [0.29, 0.717) is 24.2 Å². The van der Waals surface area contributed by atoms with Crippen LogP contribution in [0.5, 0.6) is 11.5 Å². The summed E-state index contributed by atoms with van der Waals surface area (Å²) < 4.78 is 11.7. The van der Waals surface area contributed by atoms with E-state index in [9.17, 15) is 24.9 Å². The van der Waals surface area contributed by atoms with Crippen LogP contribution in [0.4, 0.5) is 0 Å². The van der Waals surface area contributed by atoms with Gasteiger partial charge in [0.1, 0.15) is 30.8 Å². The van der Waals surface area contributed by atoms with Crippen molar-refractivity contribution in [2.75, 3.05) is 13.2 Å². The van der Waals surface area contributed by atoms with Gasteiger partial charge in [-0.1, -0.05) is 101 Å². The van der Waals surface area contributed by atoms with Crippen LogP contribution in [0, 0.1) is 17.8 Å². The number of aliphatic hydroxyl groups is 3. The van der Waals surface area contributed by atoms with E-state index in [1.54, 1.807) is 24.3 Å². The van der Waals surface area contributed by atoms with Gasteiger partial charge in [0.05, 0.1) is 35.8 Å². The minimum Gasteiger partial charge on any atom is -0.490 e. The van der Waals surface area contributed by atoms with Crippen LogP contribution in [0.3, 0.4) is 0 Å². The van der Waals surface area contributed by atoms with Gasteiger partial charge in [-0.15, -0.1) is 0 Å². The molecule has 0 aliphatic heterocycles. The Kier molecular flexibility index (Phi) is 12.5. The molecular formula is C39H50N2O7. The van der Waals surface area contributed by atoms with Gasteiger partial charge in [0, 0.05) is 6.42 Å². The maximum atomic E-state index is 13.8. The molecule has 0 bridgehead atoms. The van der Waals surface area contributed by atoms with Crippen LogP contribution in [0.15, 0.2) is 78.9 Å². The SMILES string of the molecule is CC(C)[C@@H](C(=O)NC1c2ccccc2C[C@H]1O)[C@@H](O)[C@H](O)[C@H](CC1CCCCC1)NC(=O)c1ccccc1OCCOc1ccccc1. The van der Waals surface area contributed by atoms with Gasteiger partial charge in [-0.25, -0.2) is 0 Å². The molecule has 9 heteroatoms. The lowest BCUT2D eigenvalue weighted by atomic mass is 9.79. The topological polar surface area (TPSA) is 137 Å². The molecule has 0 aromatic heterocycles. The molecular weight excluding hydrogens is 608 g/mol. The second-order valence-corrected chi connectivity index (χ2v) is 13.5. The Morgan fingerprint density at radius 3 is 2.25 bits per heavy atom. The van der Waals surface area contributed by atoms with Crippen molar-refractivity contribution in [3.8, 4) is 11.5 Å². The zero-order valence-electron chi connectivity index (χ0n) is 28.0. The fourth-order valence-electron chi connectivity index (χ4n) is 7.22. The van der Waals surface area contributed by atoms with Crippen molar-refractivity contribution in [2.45, 2.75) is 89.2 Å². The molecule has 0 saturated heterocycles. The van der Waals surface area contributed by atoms with E-state index in [4.69, 9.17) is 9.47 Å². The fourth-order valence-corrected chi connectivity index (χ4v) is 7.22. The van der Waals surface area contributed by atoms with Crippen LogP contribution >= 0.6 is 0 Å². The number of fused-ring (bicyclic) bond motifs is 1. The molecule has 48 heavy (non-hydrogen) atoms. The number of hydrogen-bond acceptors (Lipinski definition) is 7. The van der Waals surface area contributed by atoms with Crippen LogP contribution in [0.2, 0.25) is 0 Å². The van der Waals surface area contributed by atoms with Crippen LogP contribution in [-0.2, 0) is 11.2 Å². The highest BCUT2D eigenvalue weighted by Crippen LogP contribution is 2.34. The highest BCUT2D eigenvalue weighted by molar-refractivity contribution is 5.97. The minimum absolute atomic E-state index is 0.220. The molecule has 5 N–H and O–H groups in total. The lowest BCUT2D eigenvalue weighted by Crippen LogP contribution is -2.55. The average molecular weight is 659 g/mol. The summed E-state index contributed by atoms with van der Waals surface area (Å²) >= 11 is 0. The molecule has 5 rings (SSSR count). The molecule has 9 nitrogen and oxygen atoms in total. The fraction of sp³-hybridized carbons (Fsp3) is 0.487. The number of rotatable bonds is 15. The van der Waals surface area contributed by atoms with Gasteiger partial charge in [0.15, 0.2) is 0 Å². The zero-order valence-corrected chi connectivity index (χ0v) is 28.0. The summed E-state index contributed by atoms with van der Waals surface area (Å²) in [4.78, 5) is 27.5. The van der Waals surface area contributed by atoms with Crippen molar-refractivity contribution in [3.63, 3.8) is 0 Å². The number of carbonyl (C=O) groups is 2. The van der Waals surface area contributed by atoms with Gasteiger partial charge < -0.3 is 35.4 Å². The molecule has 258 valence electrons. The summed E-state index contributed by atoms with van der Waals surface area (Å²) in [5.74, 6) is -0.818. The van der Waals surface area contributed by atoms with Crippen LogP contribution in [0.1, 0.15) is 79.9 Å². The minimum atomic E-state index is -1.46. The first kappa shape index (κ1) is 35.4. The van der Waals surface area contributed by atoms with Crippen molar-refractivity contribution >= 4 is 11.8 Å². The predicted octanol–water partition coefficient (Wildman–Crippen LogP) is 4.98. The van der Waals surface area contributed by atoms with Gasteiger partial charge in [0.2, 0.25) is 5.91 Å². The average Bonchev–Trinajstić information content (AvgIpc) is 3.41. The third-order valence-corrected chi connectivity index (χ3v) is 9.77. The quantitative estimate of drug-likeness (QED) is 0.145. The Morgan fingerprint density at radius 1 is 0.833 bits per heavy atom. The number of carbonyl (C=O) groups excluding carboxylic acids is 2. The molecule has 6 atom stereocenters. The Hall–Kier alpha value is -3.92. The Morgan fingerprint density at radius 2 is 1.50 bits per heavy atom. The van der Waals surface area contributed by atoms with E-state index >= 15 is 0 Å². The van der Waals surface area contributed by atoms with Crippen LogP contribution < -0.4 is 20.1 Å². The number of nitrogens with one attached hydrogen (secondary N) is 2. The molecule has 2 aliphatic carbocycles. The lowest BCUT2D eigenvalue weighted by molar-refractivity contribution is -0.137. The van der Waals surface area contributed by atoms with Gasteiger partial charge in [-0.2, -0.15) is 0 Å².